The Bertz CT molecular complexity index is 1400. The van der Waals surface area contributed by atoms with Crippen LogP contribution in [0.15, 0.2) is 24.3 Å². The molecule has 0 radical (unpaired) electrons. The van der Waals surface area contributed by atoms with Crippen LogP contribution in [0.1, 0.15) is 361 Å². The number of hydrogen-bond acceptors (Lipinski definition) is 8. The van der Waals surface area contributed by atoms with E-state index in [0.717, 1.165) is 44.9 Å². The van der Waals surface area contributed by atoms with Crippen LogP contribution >= 0.6 is 7.82 Å². The molecule has 2 atom stereocenters. The highest BCUT2D eigenvalue weighted by Gasteiger charge is 2.22. The van der Waals surface area contributed by atoms with Crippen molar-refractivity contribution in [2.75, 3.05) is 47.5 Å². The van der Waals surface area contributed by atoms with Gasteiger partial charge in [0.2, 0.25) is 0 Å². The van der Waals surface area contributed by atoms with Crippen molar-refractivity contribution in [3.05, 3.63) is 24.3 Å². The van der Waals surface area contributed by atoms with Gasteiger partial charge in [0.1, 0.15) is 19.8 Å². The number of phosphoric acid groups is 1. The molecule has 80 heavy (non-hydrogen) atoms. The van der Waals surface area contributed by atoms with Crippen LogP contribution in [0, 0.1) is 0 Å². The number of hydrogen-bond donors (Lipinski definition) is 0. The quantitative estimate of drug-likeness (QED) is 0.0195. The minimum Gasteiger partial charge on any atom is -0.756 e. The number of ether oxygens (including phenoxy) is 2. The van der Waals surface area contributed by atoms with Gasteiger partial charge in [-0.05, 0) is 44.9 Å². The topological polar surface area (TPSA) is 111 Å². The van der Waals surface area contributed by atoms with Crippen LogP contribution in [-0.4, -0.2) is 70.0 Å². The Morgan fingerprint density at radius 2 is 0.675 bits per heavy atom. The summed E-state index contributed by atoms with van der Waals surface area (Å²) in [6.07, 6.45) is 76.9. The maximum atomic E-state index is 12.8. The fourth-order valence-corrected chi connectivity index (χ4v) is 11.3. The second-order valence-corrected chi connectivity index (χ2v) is 26.7. The van der Waals surface area contributed by atoms with E-state index in [1.807, 2.05) is 21.1 Å². The molecule has 2 unspecified atom stereocenters. The van der Waals surface area contributed by atoms with Crippen LogP contribution < -0.4 is 4.89 Å². The zero-order valence-electron chi connectivity index (χ0n) is 54.1. The van der Waals surface area contributed by atoms with E-state index in [9.17, 15) is 19.0 Å². The molecular weight excluding hydrogens is 1010 g/mol. The van der Waals surface area contributed by atoms with Gasteiger partial charge < -0.3 is 27.9 Å². The van der Waals surface area contributed by atoms with Gasteiger partial charge in [-0.15, -0.1) is 0 Å². The van der Waals surface area contributed by atoms with Gasteiger partial charge in [-0.25, -0.2) is 0 Å². The molecule has 9 nitrogen and oxygen atoms in total. The maximum Gasteiger partial charge on any atom is 0.306 e. The molecule has 0 aliphatic rings. The van der Waals surface area contributed by atoms with Crippen molar-refractivity contribution in [2.45, 2.75) is 367 Å². The second kappa shape index (κ2) is 62.0. The van der Waals surface area contributed by atoms with Gasteiger partial charge in [0.15, 0.2) is 6.10 Å². The molecule has 0 aromatic carbocycles. The molecule has 0 aromatic heterocycles. The first-order valence-electron chi connectivity index (χ1n) is 35.0. The highest BCUT2D eigenvalue weighted by atomic mass is 31.2. The molecule has 10 heteroatoms. The number of carbonyl (C=O) groups is 2. The molecular formula is C70H136NO8P. The third kappa shape index (κ3) is 65.6. The van der Waals surface area contributed by atoms with Gasteiger partial charge in [-0.3, -0.25) is 14.2 Å². The SMILES string of the molecule is CCCCCCC/C=C\C/C=C\CCCCCCCCCCCCCCCC(=O)OC(COC(=O)CCCCCCCCCCCCCCCCCCCCCCCCCCCCCCCCC)COP(=O)([O-])OCC[N+](C)(C)C. The van der Waals surface area contributed by atoms with Gasteiger partial charge in [-0.1, -0.05) is 327 Å². The van der Waals surface area contributed by atoms with Crippen LogP contribution in [0.2, 0.25) is 0 Å². The number of esters is 2. The summed E-state index contributed by atoms with van der Waals surface area (Å²) in [5.41, 5.74) is 0. The zero-order valence-corrected chi connectivity index (χ0v) is 55.0. The van der Waals surface area contributed by atoms with Crippen molar-refractivity contribution in [3.63, 3.8) is 0 Å². The fraction of sp³-hybridized carbons (Fsp3) is 0.914. The molecule has 0 saturated carbocycles. The summed E-state index contributed by atoms with van der Waals surface area (Å²) in [7, 11) is 1.19. The first-order chi connectivity index (χ1) is 39.0. The van der Waals surface area contributed by atoms with Crippen LogP contribution in [-0.2, 0) is 32.7 Å². The standard InChI is InChI=1S/C70H136NO8P/c1-6-8-10-12-14-16-18-20-22-24-26-28-30-32-33-34-35-36-37-39-40-42-44-46-48-50-52-54-56-58-60-62-69(72)76-66-68(67-78-80(74,75)77-65-64-71(3,4)5)79-70(73)63-61-59-57-55-53-51-49-47-45-43-41-38-31-29-27-25-23-21-19-17-15-13-11-9-7-2/h19,21,25,27,68H,6-18,20,22-24,26,28-67H2,1-5H3/b21-19-,27-25-. The lowest BCUT2D eigenvalue weighted by atomic mass is 10.0. The van der Waals surface area contributed by atoms with Crippen molar-refractivity contribution in [1.82, 2.24) is 0 Å². The molecule has 0 amide bonds. The zero-order chi connectivity index (χ0) is 58.4. The van der Waals surface area contributed by atoms with Crippen LogP contribution in [0.25, 0.3) is 0 Å². The number of likely N-dealkylation sites (N-methyl/N-ethyl adjacent to an activating group) is 1. The summed E-state index contributed by atoms with van der Waals surface area (Å²) in [6, 6.07) is 0. The van der Waals surface area contributed by atoms with E-state index in [1.54, 1.807) is 0 Å². The molecule has 0 saturated heterocycles. The molecule has 474 valence electrons. The highest BCUT2D eigenvalue weighted by Crippen LogP contribution is 2.38. The van der Waals surface area contributed by atoms with Crippen molar-refractivity contribution in [3.8, 4) is 0 Å². The van der Waals surface area contributed by atoms with Crippen LogP contribution in [0.5, 0.6) is 0 Å². The monoisotopic (exact) mass is 1150 g/mol. The number of rotatable bonds is 66. The van der Waals surface area contributed by atoms with E-state index in [-0.39, 0.29) is 32.0 Å². The Morgan fingerprint density at radius 3 is 0.988 bits per heavy atom. The van der Waals surface area contributed by atoms with Gasteiger partial charge in [-0.2, -0.15) is 0 Å². The Balaban J connectivity index is 3.98. The Morgan fingerprint density at radius 1 is 0.388 bits per heavy atom. The van der Waals surface area contributed by atoms with Crippen molar-refractivity contribution in [1.29, 1.82) is 0 Å². The number of phosphoric ester groups is 1. The van der Waals surface area contributed by atoms with E-state index < -0.39 is 26.5 Å². The summed E-state index contributed by atoms with van der Waals surface area (Å²) in [4.78, 5) is 38.0. The number of quaternary nitrogens is 1. The molecule has 0 rings (SSSR count). The van der Waals surface area contributed by atoms with Crippen LogP contribution in [0.3, 0.4) is 0 Å². The van der Waals surface area contributed by atoms with Gasteiger partial charge >= 0.3 is 11.9 Å². The maximum absolute atomic E-state index is 12.8. The molecule has 0 bridgehead atoms. The third-order valence-corrected chi connectivity index (χ3v) is 16.9. The van der Waals surface area contributed by atoms with E-state index in [0.29, 0.717) is 17.4 Å². The molecule has 0 N–H and O–H groups in total. The first kappa shape index (κ1) is 78.5. The summed E-state index contributed by atoms with van der Waals surface area (Å²) >= 11 is 0. The smallest absolute Gasteiger partial charge is 0.306 e. The second-order valence-electron chi connectivity index (χ2n) is 25.3. The lowest BCUT2D eigenvalue weighted by Gasteiger charge is -2.28. The molecule has 0 fully saturated rings. The largest absolute Gasteiger partial charge is 0.756 e. The molecule has 0 aliphatic heterocycles. The van der Waals surface area contributed by atoms with Crippen molar-refractivity contribution < 1.29 is 42.1 Å². The molecule has 0 aromatic rings. The van der Waals surface area contributed by atoms with Gasteiger partial charge in [0, 0.05) is 12.8 Å². The first-order valence-corrected chi connectivity index (χ1v) is 36.5. The van der Waals surface area contributed by atoms with Crippen molar-refractivity contribution in [2.24, 2.45) is 0 Å². The number of nitrogens with zero attached hydrogens (tertiary/aromatic N) is 1. The predicted octanol–water partition coefficient (Wildman–Crippen LogP) is 21.9. The Labute approximate surface area is 498 Å². The predicted molar refractivity (Wildman–Crippen MR) is 342 cm³/mol. The Kier molecular flexibility index (Phi) is 60.9. The molecule has 0 spiro atoms. The normalized spacial score (nSPS) is 13.2. The lowest BCUT2D eigenvalue weighted by Crippen LogP contribution is -2.37. The number of unbranched alkanes of at least 4 members (excludes halogenated alkanes) is 48. The third-order valence-electron chi connectivity index (χ3n) is 16.0. The summed E-state index contributed by atoms with van der Waals surface area (Å²) < 4.78 is 34.3. The fourth-order valence-electron chi connectivity index (χ4n) is 10.6. The number of carbonyl (C=O) groups excluding carboxylic acids is 2. The Hall–Kier alpha value is -1.51. The van der Waals surface area contributed by atoms with E-state index >= 15 is 0 Å². The summed E-state index contributed by atoms with van der Waals surface area (Å²) in [5, 5.41) is 0. The van der Waals surface area contributed by atoms with Gasteiger partial charge in [0.25, 0.3) is 7.82 Å². The van der Waals surface area contributed by atoms with E-state index in [1.165, 1.54) is 283 Å². The molecule has 0 aliphatic carbocycles. The highest BCUT2D eigenvalue weighted by molar-refractivity contribution is 7.45. The summed E-state index contributed by atoms with van der Waals surface area (Å²) in [6.45, 7) is 4.30. The van der Waals surface area contributed by atoms with Crippen molar-refractivity contribution >= 4 is 19.8 Å². The average Bonchev–Trinajstić information content (AvgIpc) is 3.42. The lowest BCUT2D eigenvalue weighted by molar-refractivity contribution is -0.870. The van der Waals surface area contributed by atoms with Crippen LogP contribution in [0.4, 0.5) is 0 Å². The summed E-state index contributed by atoms with van der Waals surface area (Å²) in [5.74, 6) is -0.812. The van der Waals surface area contributed by atoms with E-state index in [2.05, 4.69) is 38.2 Å². The molecule has 0 heterocycles. The minimum atomic E-state index is -4.64. The minimum absolute atomic E-state index is 0.0278. The van der Waals surface area contributed by atoms with Gasteiger partial charge in [0.05, 0.1) is 27.7 Å². The number of allylic oxidation sites excluding steroid dienone is 4. The average molecular weight is 1150 g/mol. The van der Waals surface area contributed by atoms with E-state index in [4.69, 9.17) is 18.5 Å².